The summed E-state index contributed by atoms with van der Waals surface area (Å²) in [6.07, 6.45) is 2.34. The maximum Gasteiger partial charge on any atom is 0.247 e. The fraction of sp³-hybridized carbons (Fsp3) is 0.318. The lowest BCUT2D eigenvalue weighted by Crippen LogP contribution is -2.36. The summed E-state index contributed by atoms with van der Waals surface area (Å²) in [5.41, 5.74) is 2.07. The molecule has 28 heavy (non-hydrogen) atoms. The van der Waals surface area contributed by atoms with E-state index in [1.807, 2.05) is 41.7 Å². The van der Waals surface area contributed by atoms with Gasteiger partial charge >= 0.3 is 0 Å². The Balaban J connectivity index is 1.34. The van der Waals surface area contributed by atoms with E-state index in [0.29, 0.717) is 17.7 Å². The SMILES string of the molecule is C[C@@H](c1nnc(-c2ccccc2)o1)N1CCC[C@@H](c2nc3ccccc3s2)C1. The summed E-state index contributed by atoms with van der Waals surface area (Å²) in [6.45, 7) is 4.18. The van der Waals surface area contributed by atoms with Crippen molar-refractivity contribution in [1.29, 1.82) is 0 Å². The van der Waals surface area contributed by atoms with Gasteiger partial charge < -0.3 is 4.42 Å². The van der Waals surface area contributed by atoms with Crippen LogP contribution in [-0.4, -0.2) is 33.2 Å². The van der Waals surface area contributed by atoms with E-state index in [0.717, 1.165) is 30.6 Å². The van der Waals surface area contributed by atoms with Gasteiger partial charge in [0.2, 0.25) is 11.8 Å². The molecule has 4 aromatic rings. The Morgan fingerprint density at radius 2 is 1.89 bits per heavy atom. The molecule has 1 aliphatic rings. The third kappa shape index (κ3) is 3.34. The molecule has 5 rings (SSSR count). The van der Waals surface area contributed by atoms with E-state index in [1.54, 1.807) is 0 Å². The van der Waals surface area contributed by atoms with Crippen LogP contribution in [0.25, 0.3) is 21.7 Å². The molecule has 0 amide bonds. The highest BCUT2D eigenvalue weighted by atomic mass is 32.1. The van der Waals surface area contributed by atoms with Crippen molar-refractivity contribution in [3.63, 3.8) is 0 Å². The molecule has 2 aromatic heterocycles. The molecule has 1 saturated heterocycles. The van der Waals surface area contributed by atoms with Gasteiger partial charge in [0.1, 0.15) is 0 Å². The number of hydrogen-bond donors (Lipinski definition) is 0. The van der Waals surface area contributed by atoms with Crippen LogP contribution >= 0.6 is 11.3 Å². The predicted octanol–water partition coefficient (Wildman–Crippen LogP) is 5.29. The summed E-state index contributed by atoms with van der Waals surface area (Å²) in [5.74, 6) is 1.73. The largest absolute Gasteiger partial charge is 0.419 e. The van der Waals surface area contributed by atoms with Crippen molar-refractivity contribution in [3.8, 4) is 11.5 Å². The van der Waals surface area contributed by atoms with Crippen molar-refractivity contribution >= 4 is 21.6 Å². The average molecular weight is 391 g/mol. The normalized spacial score (nSPS) is 19.1. The predicted molar refractivity (Wildman–Crippen MR) is 111 cm³/mol. The van der Waals surface area contributed by atoms with Crippen LogP contribution in [0.15, 0.2) is 59.0 Å². The smallest absolute Gasteiger partial charge is 0.247 e. The van der Waals surface area contributed by atoms with E-state index in [-0.39, 0.29) is 6.04 Å². The zero-order valence-electron chi connectivity index (χ0n) is 15.8. The van der Waals surface area contributed by atoms with Crippen LogP contribution in [-0.2, 0) is 0 Å². The van der Waals surface area contributed by atoms with Crippen LogP contribution in [0.3, 0.4) is 0 Å². The molecule has 1 fully saturated rings. The highest BCUT2D eigenvalue weighted by Gasteiger charge is 2.29. The first-order valence-corrected chi connectivity index (χ1v) is 10.6. The summed E-state index contributed by atoms with van der Waals surface area (Å²) in [7, 11) is 0. The number of hydrogen-bond acceptors (Lipinski definition) is 6. The average Bonchev–Trinajstić information content (AvgIpc) is 3.41. The second-order valence-electron chi connectivity index (χ2n) is 7.34. The molecule has 0 aliphatic carbocycles. The van der Waals surface area contributed by atoms with Crippen molar-refractivity contribution in [3.05, 3.63) is 65.5 Å². The monoisotopic (exact) mass is 390 g/mol. The van der Waals surface area contributed by atoms with E-state index < -0.39 is 0 Å². The van der Waals surface area contributed by atoms with E-state index >= 15 is 0 Å². The standard InChI is InChI=1S/C22H22N4OS/c1-15(20-24-25-21(27-20)16-8-3-2-4-9-16)26-13-7-10-17(14-26)22-23-18-11-5-6-12-19(18)28-22/h2-6,8-9,11-12,15,17H,7,10,13-14H2,1H3/t15-,17+/m0/s1. The summed E-state index contributed by atoms with van der Waals surface area (Å²) in [6, 6.07) is 18.4. The summed E-state index contributed by atoms with van der Waals surface area (Å²) in [4.78, 5) is 7.33. The molecule has 0 saturated carbocycles. The molecule has 6 heteroatoms. The van der Waals surface area contributed by atoms with Gasteiger partial charge in [-0.3, -0.25) is 4.90 Å². The van der Waals surface area contributed by atoms with Gasteiger partial charge in [-0.15, -0.1) is 21.5 Å². The van der Waals surface area contributed by atoms with Crippen LogP contribution < -0.4 is 0 Å². The van der Waals surface area contributed by atoms with Gasteiger partial charge in [0, 0.05) is 18.0 Å². The van der Waals surface area contributed by atoms with Gasteiger partial charge in [-0.25, -0.2) is 4.98 Å². The van der Waals surface area contributed by atoms with Crippen molar-refractivity contribution < 1.29 is 4.42 Å². The fourth-order valence-electron chi connectivity index (χ4n) is 3.88. The van der Waals surface area contributed by atoms with Gasteiger partial charge in [-0.1, -0.05) is 30.3 Å². The Morgan fingerprint density at radius 1 is 1.07 bits per heavy atom. The fourth-order valence-corrected chi connectivity index (χ4v) is 4.97. The number of rotatable bonds is 4. The molecule has 5 nitrogen and oxygen atoms in total. The van der Waals surface area contributed by atoms with Crippen molar-refractivity contribution in [2.75, 3.05) is 13.1 Å². The molecular weight excluding hydrogens is 368 g/mol. The summed E-state index contributed by atoms with van der Waals surface area (Å²) < 4.78 is 7.27. The van der Waals surface area contributed by atoms with Crippen molar-refractivity contribution in [1.82, 2.24) is 20.1 Å². The van der Waals surface area contributed by atoms with Gasteiger partial charge in [-0.2, -0.15) is 0 Å². The van der Waals surface area contributed by atoms with Gasteiger partial charge in [-0.05, 0) is 50.6 Å². The molecule has 0 N–H and O–H groups in total. The quantitative estimate of drug-likeness (QED) is 0.474. The zero-order chi connectivity index (χ0) is 18.9. The molecule has 3 heterocycles. The van der Waals surface area contributed by atoms with Crippen LogP contribution in [0.1, 0.15) is 42.6 Å². The molecule has 0 spiro atoms. The number of likely N-dealkylation sites (tertiary alicyclic amines) is 1. The number of piperidine rings is 1. The number of nitrogens with zero attached hydrogens (tertiary/aromatic N) is 4. The highest BCUT2D eigenvalue weighted by Crippen LogP contribution is 2.35. The third-order valence-electron chi connectivity index (χ3n) is 5.48. The van der Waals surface area contributed by atoms with Crippen molar-refractivity contribution in [2.45, 2.75) is 31.7 Å². The van der Waals surface area contributed by atoms with Crippen LogP contribution in [0.4, 0.5) is 0 Å². The molecule has 142 valence electrons. The van der Waals surface area contributed by atoms with Crippen LogP contribution in [0.2, 0.25) is 0 Å². The molecule has 0 radical (unpaired) electrons. The van der Waals surface area contributed by atoms with E-state index in [1.165, 1.54) is 16.1 Å². The Kier molecular flexibility index (Phi) is 4.66. The highest BCUT2D eigenvalue weighted by molar-refractivity contribution is 7.18. The first-order valence-electron chi connectivity index (χ1n) is 9.76. The topological polar surface area (TPSA) is 55.1 Å². The Labute approximate surface area is 168 Å². The van der Waals surface area contributed by atoms with Crippen molar-refractivity contribution in [2.24, 2.45) is 0 Å². The second-order valence-corrected chi connectivity index (χ2v) is 8.40. The van der Waals surface area contributed by atoms with Crippen LogP contribution in [0.5, 0.6) is 0 Å². The lowest BCUT2D eigenvalue weighted by atomic mass is 9.97. The summed E-state index contributed by atoms with van der Waals surface area (Å²) >= 11 is 1.83. The number of thiazole rings is 1. The molecule has 1 aliphatic heterocycles. The minimum Gasteiger partial charge on any atom is -0.419 e. The maximum absolute atomic E-state index is 6.00. The number of fused-ring (bicyclic) bond motifs is 1. The first-order chi connectivity index (χ1) is 13.8. The van der Waals surface area contributed by atoms with E-state index in [2.05, 4.69) is 46.3 Å². The van der Waals surface area contributed by atoms with E-state index in [4.69, 9.17) is 9.40 Å². The number of benzene rings is 2. The minimum atomic E-state index is 0.0992. The molecular formula is C22H22N4OS. The lowest BCUT2D eigenvalue weighted by molar-refractivity contribution is 0.139. The Hall–Kier alpha value is -2.57. The number of aromatic nitrogens is 3. The minimum absolute atomic E-state index is 0.0992. The summed E-state index contributed by atoms with van der Waals surface area (Å²) in [5, 5.41) is 9.83. The number of para-hydroxylation sites is 1. The Bertz CT molecular complexity index is 1040. The van der Waals surface area contributed by atoms with E-state index in [9.17, 15) is 0 Å². The molecule has 2 atom stereocenters. The zero-order valence-corrected chi connectivity index (χ0v) is 16.6. The van der Waals surface area contributed by atoms with Gasteiger partial charge in [0.25, 0.3) is 0 Å². The lowest BCUT2D eigenvalue weighted by Gasteiger charge is -2.34. The second kappa shape index (κ2) is 7.45. The molecule has 0 unspecified atom stereocenters. The maximum atomic E-state index is 6.00. The molecule has 0 bridgehead atoms. The first kappa shape index (κ1) is 17.5. The molecule has 2 aromatic carbocycles. The van der Waals surface area contributed by atoms with Gasteiger partial charge in [0.05, 0.1) is 21.3 Å². The Morgan fingerprint density at radius 3 is 2.75 bits per heavy atom. The van der Waals surface area contributed by atoms with Gasteiger partial charge in [0.15, 0.2) is 0 Å². The third-order valence-corrected chi connectivity index (χ3v) is 6.68. The van der Waals surface area contributed by atoms with Crippen LogP contribution in [0, 0.1) is 0 Å².